The fourth-order valence-corrected chi connectivity index (χ4v) is 1.79. The molecule has 80 valence electrons. The van der Waals surface area contributed by atoms with E-state index >= 15 is 0 Å². The maximum Gasteiger partial charge on any atom is 0.227 e. The van der Waals surface area contributed by atoms with Crippen LogP contribution in [0.25, 0.3) is 0 Å². The Hall–Kier alpha value is -0.900. The zero-order valence-corrected chi connectivity index (χ0v) is 8.71. The minimum Gasteiger partial charge on any atom is -0.381 e. The highest BCUT2D eigenvalue weighted by molar-refractivity contribution is 5.96. The van der Waals surface area contributed by atoms with Crippen LogP contribution >= 0.6 is 0 Å². The van der Waals surface area contributed by atoms with Crippen LogP contribution < -0.4 is 5.32 Å². The number of Topliss-reactive ketones (excluding diaryl/α,β-unsaturated/α-hetero) is 1. The number of rotatable bonds is 4. The van der Waals surface area contributed by atoms with Gasteiger partial charge in [0.15, 0.2) is 0 Å². The lowest BCUT2D eigenvalue weighted by atomic mass is 10.2. The number of methoxy groups -OCH3 is 1. The quantitative estimate of drug-likeness (QED) is 0.676. The first-order valence-corrected chi connectivity index (χ1v) is 4.93. The van der Waals surface area contributed by atoms with Gasteiger partial charge in [-0.25, -0.2) is 0 Å². The average molecular weight is 199 g/mol. The second kappa shape index (κ2) is 5.10. The van der Waals surface area contributed by atoms with Gasteiger partial charge < -0.3 is 10.1 Å². The number of carbonyl (C=O) groups is 2. The Morgan fingerprint density at radius 2 is 2.14 bits per heavy atom. The van der Waals surface area contributed by atoms with E-state index in [2.05, 4.69) is 5.32 Å². The molecule has 0 heterocycles. The molecule has 0 aromatic heterocycles. The highest BCUT2D eigenvalue weighted by Crippen LogP contribution is 2.21. The molecule has 0 bridgehead atoms. The van der Waals surface area contributed by atoms with E-state index in [-0.39, 0.29) is 30.3 Å². The summed E-state index contributed by atoms with van der Waals surface area (Å²) in [7, 11) is 1.68. The molecule has 0 aliphatic heterocycles. The Morgan fingerprint density at radius 1 is 1.43 bits per heavy atom. The second-order valence-corrected chi connectivity index (χ2v) is 3.81. The van der Waals surface area contributed by atoms with E-state index in [1.807, 2.05) is 0 Å². The van der Waals surface area contributed by atoms with Gasteiger partial charge in [0.1, 0.15) is 5.78 Å². The first kappa shape index (κ1) is 11.2. The van der Waals surface area contributed by atoms with Crippen LogP contribution in [-0.4, -0.2) is 30.9 Å². The summed E-state index contributed by atoms with van der Waals surface area (Å²) in [4.78, 5) is 21.9. The van der Waals surface area contributed by atoms with Crippen LogP contribution in [0.5, 0.6) is 0 Å². The van der Waals surface area contributed by atoms with Crippen molar-refractivity contribution in [3.05, 3.63) is 0 Å². The summed E-state index contributed by atoms with van der Waals surface area (Å²) in [5.74, 6) is -0.261. The first-order valence-electron chi connectivity index (χ1n) is 4.93. The molecular formula is C10H17NO3. The predicted molar refractivity (Wildman–Crippen MR) is 51.9 cm³/mol. The smallest absolute Gasteiger partial charge is 0.227 e. The van der Waals surface area contributed by atoms with E-state index in [1.54, 1.807) is 7.11 Å². The standard InChI is InChI=1S/C10H17NO3/c1-7(12)5-10(13)11-8-3-4-9(6-8)14-2/h8-9H,3-6H2,1-2H3,(H,11,13). The Labute approximate surface area is 84.0 Å². The maximum absolute atomic E-state index is 11.2. The number of nitrogens with one attached hydrogen (secondary N) is 1. The normalized spacial score (nSPS) is 26.1. The van der Waals surface area contributed by atoms with Crippen LogP contribution in [0.3, 0.4) is 0 Å². The monoisotopic (exact) mass is 199 g/mol. The van der Waals surface area contributed by atoms with Crippen molar-refractivity contribution in [3.8, 4) is 0 Å². The van der Waals surface area contributed by atoms with Gasteiger partial charge in [-0.3, -0.25) is 9.59 Å². The van der Waals surface area contributed by atoms with Crippen LogP contribution in [0.1, 0.15) is 32.6 Å². The number of hydrogen-bond acceptors (Lipinski definition) is 3. The lowest BCUT2D eigenvalue weighted by Gasteiger charge is -2.11. The third-order valence-corrected chi connectivity index (χ3v) is 2.49. The van der Waals surface area contributed by atoms with Crippen molar-refractivity contribution < 1.29 is 14.3 Å². The Balaban J connectivity index is 2.25. The van der Waals surface area contributed by atoms with E-state index in [0.29, 0.717) is 0 Å². The fourth-order valence-electron chi connectivity index (χ4n) is 1.79. The van der Waals surface area contributed by atoms with Crippen molar-refractivity contribution >= 4 is 11.7 Å². The van der Waals surface area contributed by atoms with E-state index in [1.165, 1.54) is 6.92 Å². The van der Waals surface area contributed by atoms with Crippen LogP contribution in [0.15, 0.2) is 0 Å². The molecule has 1 amide bonds. The van der Waals surface area contributed by atoms with Crippen molar-refractivity contribution in [2.75, 3.05) is 7.11 Å². The van der Waals surface area contributed by atoms with E-state index in [0.717, 1.165) is 19.3 Å². The molecule has 0 aromatic carbocycles. The predicted octanol–water partition coefficient (Wildman–Crippen LogP) is 0.649. The van der Waals surface area contributed by atoms with Crippen molar-refractivity contribution in [3.63, 3.8) is 0 Å². The Bertz CT molecular complexity index is 227. The van der Waals surface area contributed by atoms with Gasteiger partial charge in [0.05, 0.1) is 12.5 Å². The van der Waals surface area contributed by atoms with Gasteiger partial charge in [0.2, 0.25) is 5.91 Å². The van der Waals surface area contributed by atoms with E-state index in [9.17, 15) is 9.59 Å². The highest BCUT2D eigenvalue weighted by atomic mass is 16.5. The van der Waals surface area contributed by atoms with Gasteiger partial charge in [-0.1, -0.05) is 0 Å². The summed E-state index contributed by atoms with van der Waals surface area (Å²) in [6.07, 6.45) is 3.05. The summed E-state index contributed by atoms with van der Waals surface area (Å²) >= 11 is 0. The summed E-state index contributed by atoms with van der Waals surface area (Å²) < 4.78 is 5.19. The number of amides is 1. The molecule has 0 radical (unpaired) electrons. The molecule has 4 nitrogen and oxygen atoms in total. The van der Waals surface area contributed by atoms with Gasteiger partial charge in [0, 0.05) is 13.2 Å². The molecule has 1 N–H and O–H groups in total. The van der Waals surface area contributed by atoms with E-state index in [4.69, 9.17) is 4.74 Å². The summed E-state index contributed by atoms with van der Waals surface area (Å²) in [5.41, 5.74) is 0. The minimum absolute atomic E-state index is 0.00580. The lowest BCUT2D eigenvalue weighted by molar-refractivity contribution is -0.127. The second-order valence-electron chi connectivity index (χ2n) is 3.81. The number of ketones is 1. The van der Waals surface area contributed by atoms with Crippen LogP contribution in [-0.2, 0) is 14.3 Å². The molecular weight excluding hydrogens is 182 g/mol. The largest absolute Gasteiger partial charge is 0.381 e. The molecule has 1 rings (SSSR count). The van der Waals surface area contributed by atoms with Crippen LogP contribution in [0.4, 0.5) is 0 Å². The van der Waals surface area contributed by atoms with Gasteiger partial charge >= 0.3 is 0 Å². The molecule has 1 fully saturated rings. The highest BCUT2D eigenvalue weighted by Gasteiger charge is 2.25. The zero-order chi connectivity index (χ0) is 10.6. The summed E-state index contributed by atoms with van der Waals surface area (Å²) in [5, 5.41) is 2.83. The third-order valence-electron chi connectivity index (χ3n) is 2.49. The molecule has 1 saturated carbocycles. The van der Waals surface area contributed by atoms with Crippen LogP contribution in [0.2, 0.25) is 0 Å². The fraction of sp³-hybridized carbons (Fsp3) is 0.800. The number of carbonyl (C=O) groups excluding carboxylic acids is 2. The molecule has 1 aliphatic rings. The summed E-state index contributed by atoms with van der Waals surface area (Å²) in [6, 6.07) is 0.187. The summed E-state index contributed by atoms with van der Waals surface area (Å²) in [6.45, 7) is 1.42. The maximum atomic E-state index is 11.2. The minimum atomic E-state index is -0.167. The zero-order valence-electron chi connectivity index (χ0n) is 8.71. The molecule has 0 spiro atoms. The molecule has 1 aliphatic carbocycles. The van der Waals surface area contributed by atoms with Gasteiger partial charge in [-0.15, -0.1) is 0 Å². The molecule has 14 heavy (non-hydrogen) atoms. The SMILES string of the molecule is COC1CCC(NC(=O)CC(C)=O)C1. The lowest BCUT2D eigenvalue weighted by Crippen LogP contribution is -2.34. The number of ether oxygens (including phenoxy) is 1. The van der Waals surface area contributed by atoms with Crippen molar-refractivity contribution in [2.24, 2.45) is 0 Å². The number of hydrogen-bond donors (Lipinski definition) is 1. The third kappa shape index (κ3) is 3.46. The Kier molecular flexibility index (Phi) is 4.07. The van der Waals surface area contributed by atoms with E-state index < -0.39 is 0 Å². The molecule has 2 unspecified atom stereocenters. The molecule has 4 heteroatoms. The van der Waals surface area contributed by atoms with Gasteiger partial charge in [-0.05, 0) is 26.2 Å². The molecule has 0 saturated heterocycles. The molecule has 2 atom stereocenters. The van der Waals surface area contributed by atoms with Gasteiger partial charge in [-0.2, -0.15) is 0 Å². The van der Waals surface area contributed by atoms with Crippen LogP contribution in [0, 0.1) is 0 Å². The molecule has 0 aromatic rings. The topological polar surface area (TPSA) is 55.4 Å². The average Bonchev–Trinajstić information content (AvgIpc) is 2.50. The van der Waals surface area contributed by atoms with Crippen molar-refractivity contribution in [1.82, 2.24) is 5.32 Å². The van der Waals surface area contributed by atoms with Crippen molar-refractivity contribution in [2.45, 2.75) is 44.8 Å². The first-order chi connectivity index (χ1) is 6.61. The Morgan fingerprint density at radius 3 is 2.64 bits per heavy atom. The van der Waals surface area contributed by atoms with Crippen molar-refractivity contribution in [1.29, 1.82) is 0 Å². The van der Waals surface area contributed by atoms with Gasteiger partial charge in [0.25, 0.3) is 0 Å².